The average Bonchev–Trinajstić information content (AvgIpc) is 3.57. The van der Waals surface area contributed by atoms with E-state index in [1.54, 1.807) is 0 Å². The molecule has 0 saturated carbocycles. The van der Waals surface area contributed by atoms with Crippen LogP contribution in [0.1, 0.15) is 36.1 Å². The number of benzene rings is 4. The van der Waals surface area contributed by atoms with Gasteiger partial charge in [0.2, 0.25) is 5.95 Å². The molecule has 2 aliphatic rings. The van der Waals surface area contributed by atoms with Crippen molar-refractivity contribution < 1.29 is 0 Å². The predicted octanol–water partition coefficient (Wildman–Crippen LogP) is 10.3. The zero-order chi connectivity index (χ0) is 31.7. The Morgan fingerprint density at radius 2 is 1.47 bits per heavy atom. The van der Waals surface area contributed by atoms with Gasteiger partial charge in [-0.3, -0.25) is 9.55 Å². The summed E-state index contributed by atoms with van der Waals surface area (Å²) >= 11 is 0. The monoisotopic (exact) mass is 604 g/mol. The van der Waals surface area contributed by atoms with E-state index in [0.29, 0.717) is 5.95 Å². The minimum Gasteiger partial charge on any atom is -0.277 e. The molecule has 4 aromatic carbocycles. The number of aromatic nitrogens is 4. The molecule has 9 rings (SSSR count). The molecule has 0 spiro atoms. The molecule has 2 aliphatic carbocycles. The summed E-state index contributed by atoms with van der Waals surface area (Å²) in [4.78, 5) is 14.5. The van der Waals surface area contributed by atoms with Gasteiger partial charge in [0.25, 0.3) is 0 Å². The summed E-state index contributed by atoms with van der Waals surface area (Å²) in [6.45, 7) is 9.13. The number of fused-ring (bicyclic) bond motifs is 11. The van der Waals surface area contributed by atoms with E-state index < -0.39 is 0 Å². The molecule has 4 heteroatoms. The lowest BCUT2D eigenvalue weighted by atomic mass is 9.80. The van der Waals surface area contributed by atoms with Gasteiger partial charge < -0.3 is 0 Å². The van der Waals surface area contributed by atoms with Crippen molar-refractivity contribution in [1.29, 1.82) is 0 Å². The number of hydrogen-bond acceptors (Lipinski definition) is 3. The molecule has 0 amide bonds. The Hall–Kier alpha value is -5.87. The molecular formula is C43H32N4. The Kier molecular flexibility index (Phi) is 6.03. The lowest BCUT2D eigenvalue weighted by Gasteiger charge is -2.24. The van der Waals surface area contributed by atoms with Crippen molar-refractivity contribution in [3.63, 3.8) is 0 Å². The van der Waals surface area contributed by atoms with E-state index in [2.05, 4.69) is 121 Å². The molecule has 0 atom stereocenters. The summed E-state index contributed by atoms with van der Waals surface area (Å²) in [5.41, 5.74) is 15.2. The molecule has 0 saturated heterocycles. The lowest BCUT2D eigenvalue weighted by Crippen LogP contribution is -2.17. The minimum absolute atomic E-state index is 0.273. The van der Waals surface area contributed by atoms with Gasteiger partial charge in [0.1, 0.15) is 0 Å². The quantitative estimate of drug-likeness (QED) is 0.197. The predicted molar refractivity (Wildman–Crippen MR) is 194 cm³/mol. The van der Waals surface area contributed by atoms with E-state index in [1.807, 2.05) is 43.0 Å². The molecule has 0 bridgehead atoms. The van der Waals surface area contributed by atoms with Gasteiger partial charge in [0.15, 0.2) is 0 Å². The molecule has 0 radical (unpaired) electrons. The van der Waals surface area contributed by atoms with Crippen molar-refractivity contribution >= 4 is 27.4 Å². The first-order chi connectivity index (χ1) is 23.0. The first-order valence-corrected chi connectivity index (χ1v) is 16.1. The second kappa shape index (κ2) is 10.3. The number of nitrogens with zero attached hydrogens (tertiary/aromatic N) is 4. The summed E-state index contributed by atoms with van der Waals surface area (Å²) in [6, 6.07) is 30.3. The maximum atomic E-state index is 4.97. The normalized spacial score (nSPS) is 15.9. The Labute approximate surface area is 274 Å². The fraction of sp³-hybridized carbons (Fsp3) is 0.0930. The van der Waals surface area contributed by atoms with Gasteiger partial charge in [-0.1, -0.05) is 124 Å². The van der Waals surface area contributed by atoms with E-state index in [4.69, 9.17) is 9.97 Å². The highest BCUT2D eigenvalue weighted by Gasteiger charge is 2.40. The largest absolute Gasteiger partial charge is 0.277 e. The van der Waals surface area contributed by atoms with Gasteiger partial charge in [0, 0.05) is 46.5 Å². The minimum atomic E-state index is -0.273. The van der Waals surface area contributed by atoms with Crippen LogP contribution in [0.3, 0.4) is 0 Å². The molecule has 0 aliphatic heterocycles. The molecule has 7 aromatic rings. The Morgan fingerprint density at radius 3 is 2.30 bits per heavy atom. The summed E-state index contributed by atoms with van der Waals surface area (Å²) in [6.07, 6.45) is 17.1. The lowest BCUT2D eigenvalue weighted by molar-refractivity contribution is 0.663. The second-order valence-corrected chi connectivity index (χ2v) is 13.0. The van der Waals surface area contributed by atoms with Crippen LogP contribution in [0.15, 0.2) is 141 Å². The highest BCUT2D eigenvalue weighted by Crippen LogP contribution is 2.55. The van der Waals surface area contributed by atoms with Gasteiger partial charge in [-0.25, -0.2) is 9.97 Å². The summed E-state index contributed by atoms with van der Waals surface area (Å²) < 4.78 is 2.25. The van der Waals surface area contributed by atoms with Gasteiger partial charge in [0.05, 0.1) is 11.0 Å². The van der Waals surface area contributed by atoms with Crippen molar-refractivity contribution in [3.05, 3.63) is 163 Å². The van der Waals surface area contributed by atoms with Gasteiger partial charge in [-0.15, -0.1) is 0 Å². The van der Waals surface area contributed by atoms with Crippen LogP contribution in [0.25, 0.3) is 66.7 Å². The number of hydrogen-bond donors (Lipinski definition) is 0. The molecule has 224 valence electrons. The van der Waals surface area contributed by atoms with Gasteiger partial charge in [-0.05, 0) is 68.1 Å². The highest BCUT2D eigenvalue weighted by atomic mass is 15.2. The van der Waals surface area contributed by atoms with Crippen molar-refractivity contribution in [3.8, 4) is 39.3 Å². The van der Waals surface area contributed by atoms with Gasteiger partial charge in [-0.2, -0.15) is 0 Å². The molecule has 0 N–H and O–H groups in total. The van der Waals surface area contributed by atoms with Crippen molar-refractivity contribution in [2.24, 2.45) is 0 Å². The Morgan fingerprint density at radius 1 is 0.702 bits per heavy atom. The number of allylic oxidation sites excluding steroid dienone is 5. The molecular weight excluding hydrogens is 573 g/mol. The van der Waals surface area contributed by atoms with Crippen LogP contribution in [0.4, 0.5) is 0 Å². The molecule has 47 heavy (non-hydrogen) atoms. The molecule has 0 unspecified atom stereocenters. The van der Waals surface area contributed by atoms with Crippen molar-refractivity contribution in [1.82, 2.24) is 19.5 Å². The van der Waals surface area contributed by atoms with Crippen LogP contribution in [-0.2, 0) is 11.8 Å². The molecule has 4 nitrogen and oxygen atoms in total. The van der Waals surface area contributed by atoms with E-state index in [-0.39, 0.29) is 5.41 Å². The maximum absolute atomic E-state index is 4.97. The topological polar surface area (TPSA) is 43.6 Å². The molecule has 0 fully saturated rings. The van der Waals surface area contributed by atoms with Crippen molar-refractivity contribution in [2.45, 2.75) is 25.7 Å². The van der Waals surface area contributed by atoms with Gasteiger partial charge >= 0.3 is 0 Å². The highest BCUT2D eigenvalue weighted by molar-refractivity contribution is 6.13. The van der Waals surface area contributed by atoms with E-state index >= 15 is 0 Å². The number of rotatable bonds is 2. The third-order valence-electron chi connectivity index (χ3n) is 9.99. The van der Waals surface area contributed by atoms with Crippen LogP contribution in [0.2, 0.25) is 0 Å². The van der Waals surface area contributed by atoms with E-state index in [1.165, 1.54) is 38.9 Å². The molecule has 3 heterocycles. The first kappa shape index (κ1) is 27.4. The van der Waals surface area contributed by atoms with Crippen LogP contribution in [0.5, 0.6) is 0 Å². The third-order valence-corrected chi connectivity index (χ3v) is 9.99. The fourth-order valence-corrected chi connectivity index (χ4v) is 7.82. The third kappa shape index (κ3) is 4.04. The van der Waals surface area contributed by atoms with Crippen LogP contribution in [0, 0.1) is 0 Å². The first-order valence-electron chi connectivity index (χ1n) is 16.1. The van der Waals surface area contributed by atoms with Crippen LogP contribution < -0.4 is 0 Å². The zero-order valence-electron chi connectivity index (χ0n) is 26.4. The molecule has 3 aromatic heterocycles. The zero-order valence-corrected chi connectivity index (χ0v) is 26.4. The summed E-state index contributed by atoms with van der Waals surface area (Å²) in [5.74, 6) is 0.654. The van der Waals surface area contributed by atoms with E-state index in [9.17, 15) is 0 Å². The standard InChI is InChI=1S/C43H32N4/c1-27-12-6-4-9-17-33-32(31-16-11-10-15-30(27)31)20-21-37-39(33)35-19-18-34-36-26-44-23-22-38(36)47(41(34)40(35)43(37,2)3)42-45-24-29(25-46-42)28-13-7-5-8-14-28/h4-16,18-26H,1,17H2,2-3H3/b9-4-,12-6-. The summed E-state index contributed by atoms with van der Waals surface area (Å²) in [7, 11) is 0. The number of pyridine rings is 1. The SMILES string of the molecule is C=C1/C=C\C=C/Cc2c(ccc3c2-c2ccc4c5cnccc5n(-c5ncc(-c6ccccc6)cn5)c4c2C3(C)C)-c2ccccc21. The summed E-state index contributed by atoms with van der Waals surface area (Å²) in [5, 5.41) is 2.25. The van der Waals surface area contributed by atoms with Crippen LogP contribution >= 0.6 is 0 Å². The second-order valence-electron chi connectivity index (χ2n) is 13.0. The average molecular weight is 605 g/mol. The Balaban J connectivity index is 1.34. The maximum Gasteiger partial charge on any atom is 0.234 e. The Bertz CT molecular complexity index is 2460. The smallest absolute Gasteiger partial charge is 0.234 e. The fourth-order valence-electron chi connectivity index (χ4n) is 7.82. The van der Waals surface area contributed by atoms with E-state index in [0.717, 1.165) is 50.5 Å². The van der Waals surface area contributed by atoms with Crippen LogP contribution in [-0.4, -0.2) is 19.5 Å². The van der Waals surface area contributed by atoms with Crippen molar-refractivity contribution in [2.75, 3.05) is 0 Å².